The van der Waals surface area contributed by atoms with E-state index in [0.717, 1.165) is 21.6 Å². The molecule has 0 bridgehead atoms. The van der Waals surface area contributed by atoms with Crippen LogP contribution in [0.5, 0.6) is 0 Å². The summed E-state index contributed by atoms with van der Waals surface area (Å²) in [6.07, 6.45) is -0.700. The van der Waals surface area contributed by atoms with Gasteiger partial charge in [-0.1, -0.05) is 83.8 Å². The Morgan fingerprint density at radius 1 is 0.806 bits per heavy atom. The lowest BCUT2D eigenvalue weighted by Crippen LogP contribution is -2.61. The molecule has 0 radical (unpaired) electrons. The van der Waals surface area contributed by atoms with Gasteiger partial charge in [0.15, 0.2) is 0 Å². The lowest BCUT2D eigenvalue weighted by molar-refractivity contribution is -0.142. The molecule has 12 amide bonds. The minimum Gasteiger partial charge on any atom is -0.370 e. The summed E-state index contributed by atoms with van der Waals surface area (Å²) in [5.74, 6) is -9.95. The molecule has 398 valence electrons. The smallest absolute Gasteiger partial charge is 0.246 e. The lowest BCUT2D eigenvalue weighted by atomic mass is 9.96. The Morgan fingerprint density at radius 2 is 1.46 bits per heavy atom. The summed E-state index contributed by atoms with van der Waals surface area (Å²) >= 11 is 3.09. The van der Waals surface area contributed by atoms with E-state index in [1.54, 1.807) is 38.1 Å². The summed E-state index contributed by atoms with van der Waals surface area (Å²) in [4.78, 5) is 160. The standard InChI is InChI=1S/C45H67BrN12O12S2/c1-5-24(4)38-44(69)53-27(12-13-33(47)59)40(65)54-30(19-34(48)60)41(66)56-31(45(70)58-15-6-7-32(58)43(68)55-28(17-23(2)3)39(64)50-21-35(49)61)22-72-71-16-14-36(62)52-29(42(67)57-38)18-25-8-10-26(11-9-25)51-37(63)20-46/h8-11,23-24,27-32,38H,5-7,12-22H2,1-4H3,(H2,47,59)(H2,48,60)(H2,49,61)(H,50,64)(H,51,63)(H,52,62)(H,53,69)(H,54,65)(H,55,68)(H,56,66)(H,57,67). The zero-order valence-corrected chi connectivity index (χ0v) is 43.9. The fourth-order valence-electron chi connectivity index (χ4n) is 7.61. The number of rotatable bonds is 19. The number of carbonyl (C=O) groups excluding carboxylic acids is 12. The number of halogens is 1. The number of hydrogen-bond acceptors (Lipinski definition) is 14. The maximum atomic E-state index is 14.5. The zero-order valence-electron chi connectivity index (χ0n) is 40.7. The van der Waals surface area contributed by atoms with Crippen LogP contribution in [0.25, 0.3) is 0 Å². The van der Waals surface area contributed by atoms with E-state index in [9.17, 15) is 57.5 Å². The van der Waals surface area contributed by atoms with Crippen LogP contribution in [0, 0.1) is 11.8 Å². The highest BCUT2D eigenvalue weighted by Gasteiger charge is 2.41. The van der Waals surface area contributed by atoms with Crippen LogP contribution in [-0.2, 0) is 64.0 Å². The van der Waals surface area contributed by atoms with Gasteiger partial charge >= 0.3 is 0 Å². The van der Waals surface area contributed by atoms with E-state index in [0.29, 0.717) is 24.1 Å². The molecule has 14 N–H and O–H groups in total. The Labute approximate surface area is 433 Å². The first kappa shape index (κ1) is 60.3. The number of hydrogen-bond donors (Lipinski definition) is 11. The molecule has 8 atom stereocenters. The van der Waals surface area contributed by atoms with Gasteiger partial charge in [-0.2, -0.15) is 0 Å². The molecule has 0 spiro atoms. The van der Waals surface area contributed by atoms with Crippen LogP contribution in [0.3, 0.4) is 0 Å². The molecule has 24 nitrogen and oxygen atoms in total. The van der Waals surface area contributed by atoms with Crippen molar-refractivity contribution in [2.45, 2.75) is 128 Å². The second kappa shape index (κ2) is 30.2. The van der Waals surface area contributed by atoms with Crippen molar-refractivity contribution in [1.29, 1.82) is 0 Å². The lowest BCUT2D eigenvalue weighted by Gasteiger charge is -2.31. The molecule has 2 fully saturated rings. The molecule has 2 aliphatic rings. The largest absolute Gasteiger partial charge is 0.370 e. The van der Waals surface area contributed by atoms with Gasteiger partial charge in [0.25, 0.3) is 0 Å². The number of carbonyl (C=O) groups is 12. The van der Waals surface area contributed by atoms with E-state index in [1.165, 1.54) is 4.90 Å². The number of benzene rings is 1. The summed E-state index contributed by atoms with van der Waals surface area (Å²) in [5, 5.41) is 20.8. The van der Waals surface area contributed by atoms with Crippen molar-refractivity contribution < 1.29 is 57.5 Å². The molecule has 3 rings (SSSR count). The van der Waals surface area contributed by atoms with Gasteiger partial charge in [0.1, 0.15) is 42.3 Å². The number of alkyl halides is 1. The number of likely N-dealkylation sites (tertiary alicyclic amines) is 1. The fraction of sp³-hybridized carbons (Fsp3) is 0.600. The van der Waals surface area contributed by atoms with Crippen molar-refractivity contribution in [1.82, 2.24) is 42.1 Å². The first-order chi connectivity index (χ1) is 34.0. The van der Waals surface area contributed by atoms with Crippen LogP contribution < -0.4 is 59.7 Å². The van der Waals surface area contributed by atoms with Gasteiger partial charge in [-0.25, -0.2) is 0 Å². The van der Waals surface area contributed by atoms with Crippen LogP contribution in [0.15, 0.2) is 24.3 Å². The topological polar surface area (TPSA) is 382 Å². The summed E-state index contributed by atoms with van der Waals surface area (Å²) in [7, 11) is 2.23. The predicted molar refractivity (Wildman–Crippen MR) is 272 cm³/mol. The van der Waals surface area contributed by atoms with Gasteiger partial charge < -0.3 is 64.6 Å². The van der Waals surface area contributed by atoms with Crippen molar-refractivity contribution in [3.8, 4) is 0 Å². The average Bonchev–Trinajstić information content (AvgIpc) is 3.82. The Hall–Kier alpha value is -5.96. The molecule has 1 aromatic rings. The maximum absolute atomic E-state index is 14.5. The van der Waals surface area contributed by atoms with E-state index in [4.69, 9.17) is 17.2 Å². The van der Waals surface area contributed by atoms with Gasteiger partial charge in [-0.05, 0) is 55.2 Å². The number of nitrogens with two attached hydrogens (primary N) is 3. The van der Waals surface area contributed by atoms with Crippen molar-refractivity contribution in [3.05, 3.63) is 29.8 Å². The minimum absolute atomic E-state index is 0.0498. The summed E-state index contributed by atoms with van der Waals surface area (Å²) in [6, 6.07) is -2.92. The molecule has 2 aliphatic heterocycles. The molecule has 8 unspecified atom stereocenters. The SMILES string of the molecule is CCC(C)C1NC(=O)C(Cc2ccc(NC(=O)CBr)cc2)NC(=O)CCSSCC(C(=O)N2CCCC2C(=O)NC(CC(C)C)C(=O)NCC(N)=O)NC(=O)C(CC(N)=O)NC(=O)C(CCC(N)=O)NC1=O. The quantitative estimate of drug-likeness (QED) is 0.0532. The first-order valence-electron chi connectivity index (χ1n) is 23.5. The van der Waals surface area contributed by atoms with Crippen molar-refractivity contribution in [2.75, 3.05) is 35.2 Å². The molecule has 72 heavy (non-hydrogen) atoms. The summed E-state index contributed by atoms with van der Waals surface area (Å²) in [5.41, 5.74) is 17.2. The normalized spacial score (nSPS) is 22.6. The zero-order chi connectivity index (χ0) is 53.7. The molecule has 2 saturated heterocycles. The Balaban J connectivity index is 2.03. The molecule has 2 heterocycles. The summed E-state index contributed by atoms with van der Waals surface area (Å²) < 4.78 is 0. The average molecular weight is 1110 g/mol. The van der Waals surface area contributed by atoms with Crippen LogP contribution in [0.1, 0.15) is 84.6 Å². The third-order valence-corrected chi connectivity index (χ3v) is 14.5. The highest BCUT2D eigenvalue weighted by molar-refractivity contribution is 9.09. The molecular weight excluding hydrogens is 1040 g/mol. The second-order valence-corrected chi connectivity index (χ2v) is 21.0. The predicted octanol–water partition coefficient (Wildman–Crippen LogP) is -1.92. The highest BCUT2D eigenvalue weighted by atomic mass is 79.9. The highest BCUT2D eigenvalue weighted by Crippen LogP contribution is 2.26. The maximum Gasteiger partial charge on any atom is 0.246 e. The third kappa shape index (κ3) is 20.3. The van der Waals surface area contributed by atoms with E-state index < -0.39 is 133 Å². The fourth-order valence-corrected chi connectivity index (χ4v) is 9.90. The molecule has 27 heteroatoms. The van der Waals surface area contributed by atoms with Crippen LogP contribution in [-0.4, -0.2) is 148 Å². The Morgan fingerprint density at radius 3 is 2.07 bits per heavy atom. The van der Waals surface area contributed by atoms with Crippen LogP contribution in [0.4, 0.5) is 5.69 Å². The first-order valence-corrected chi connectivity index (χ1v) is 27.1. The van der Waals surface area contributed by atoms with Crippen LogP contribution in [0.2, 0.25) is 0 Å². The van der Waals surface area contributed by atoms with Crippen molar-refractivity contribution in [2.24, 2.45) is 29.0 Å². The minimum atomic E-state index is -1.74. The van der Waals surface area contributed by atoms with E-state index >= 15 is 0 Å². The van der Waals surface area contributed by atoms with Crippen LogP contribution >= 0.6 is 37.5 Å². The molecule has 0 saturated carbocycles. The van der Waals surface area contributed by atoms with Crippen molar-refractivity contribution in [3.63, 3.8) is 0 Å². The third-order valence-electron chi connectivity index (χ3n) is 11.6. The number of nitrogens with zero attached hydrogens (tertiary/aromatic N) is 1. The number of nitrogens with one attached hydrogen (secondary N) is 8. The summed E-state index contributed by atoms with van der Waals surface area (Å²) in [6.45, 7) is 6.67. The molecule has 1 aromatic carbocycles. The monoisotopic (exact) mass is 1110 g/mol. The second-order valence-electron chi connectivity index (χ2n) is 17.9. The molecular formula is C45H67BrN12O12S2. The van der Waals surface area contributed by atoms with Gasteiger partial charge in [0.05, 0.1) is 18.3 Å². The molecule has 0 aliphatic carbocycles. The van der Waals surface area contributed by atoms with Gasteiger partial charge in [-0.15, -0.1) is 0 Å². The van der Waals surface area contributed by atoms with E-state index in [-0.39, 0.29) is 67.3 Å². The number of amides is 12. The van der Waals surface area contributed by atoms with E-state index in [2.05, 4.69) is 58.5 Å². The Kier molecular flexibility index (Phi) is 25.3. The van der Waals surface area contributed by atoms with Gasteiger partial charge in [0, 0.05) is 43.0 Å². The van der Waals surface area contributed by atoms with Gasteiger partial charge in [0.2, 0.25) is 70.9 Å². The van der Waals surface area contributed by atoms with E-state index in [1.807, 2.05) is 13.8 Å². The van der Waals surface area contributed by atoms with Gasteiger partial charge in [-0.3, -0.25) is 57.5 Å². The molecule has 0 aromatic heterocycles. The number of anilines is 1. The van der Waals surface area contributed by atoms with Crippen molar-refractivity contribution >= 4 is 114 Å². The Bertz CT molecular complexity index is 2160. The number of primary amides is 3.